The number of rotatable bonds is 4. The Morgan fingerprint density at radius 2 is 1.79 bits per heavy atom. The molecule has 1 aliphatic rings. The van der Waals surface area contributed by atoms with Crippen LogP contribution in [0.15, 0.2) is 54.6 Å². The molecular formula is C23H28ClN3O. The largest absolute Gasteiger partial charge is 0.343 e. The first-order valence-corrected chi connectivity index (χ1v) is 9.73. The van der Waals surface area contributed by atoms with Gasteiger partial charge in [0.15, 0.2) is 0 Å². The third-order valence-electron chi connectivity index (χ3n) is 5.57. The van der Waals surface area contributed by atoms with Gasteiger partial charge >= 0.3 is 0 Å². The van der Waals surface area contributed by atoms with E-state index in [4.69, 9.17) is 0 Å². The van der Waals surface area contributed by atoms with Crippen LogP contribution in [0.5, 0.6) is 0 Å². The fourth-order valence-corrected chi connectivity index (χ4v) is 4.14. The molecule has 0 bridgehead atoms. The van der Waals surface area contributed by atoms with Crippen molar-refractivity contribution >= 4 is 29.2 Å². The van der Waals surface area contributed by atoms with E-state index in [0.717, 1.165) is 37.1 Å². The molecule has 5 heteroatoms. The van der Waals surface area contributed by atoms with Crippen LogP contribution in [0, 0.1) is 0 Å². The molecule has 1 saturated heterocycles. The first-order valence-electron chi connectivity index (χ1n) is 9.73. The highest BCUT2D eigenvalue weighted by Gasteiger charge is 2.22. The molecule has 1 N–H and O–H groups in total. The van der Waals surface area contributed by atoms with Crippen molar-refractivity contribution in [2.75, 3.05) is 27.2 Å². The zero-order valence-electron chi connectivity index (χ0n) is 16.5. The third kappa shape index (κ3) is 3.94. The Hall–Kier alpha value is -2.30. The number of hydrogen-bond acceptors (Lipinski definition) is 2. The van der Waals surface area contributed by atoms with Gasteiger partial charge in [0.2, 0.25) is 0 Å². The van der Waals surface area contributed by atoms with Crippen molar-refractivity contribution in [3.05, 3.63) is 71.4 Å². The van der Waals surface area contributed by atoms with E-state index in [1.807, 2.05) is 20.2 Å². The van der Waals surface area contributed by atoms with Crippen molar-refractivity contribution in [1.29, 1.82) is 0 Å². The maximum Gasteiger partial charge on any atom is 0.270 e. The normalized spacial score (nSPS) is 14.6. The summed E-state index contributed by atoms with van der Waals surface area (Å²) in [4.78, 5) is 14.6. The number of nitrogens with zero attached hydrogens (tertiary/aromatic N) is 2. The van der Waals surface area contributed by atoms with Crippen molar-refractivity contribution in [1.82, 2.24) is 14.8 Å². The summed E-state index contributed by atoms with van der Waals surface area (Å²) in [5, 5.41) is 4.68. The monoisotopic (exact) mass is 397 g/mol. The maximum absolute atomic E-state index is 12.9. The Labute approximate surface area is 172 Å². The number of piperidine rings is 1. The van der Waals surface area contributed by atoms with Crippen LogP contribution in [-0.2, 0) is 6.54 Å². The first kappa shape index (κ1) is 20.4. The number of hydrogen-bond donors (Lipinski definition) is 1. The average molecular weight is 398 g/mol. The zero-order chi connectivity index (χ0) is 18.8. The average Bonchev–Trinajstić information content (AvgIpc) is 3.07. The summed E-state index contributed by atoms with van der Waals surface area (Å²) in [6.07, 6.45) is 2.31. The highest BCUT2D eigenvalue weighted by molar-refractivity contribution is 5.99. The van der Waals surface area contributed by atoms with Gasteiger partial charge in [-0.15, -0.1) is 12.4 Å². The Morgan fingerprint density at radius 1 is 1.07 bits per heavy atom. The van der Waals surface area contributed by atoms with E-state index >= 15 is 0 Å². The molecule has 3 aromatic rings. The van der Waals surface area contributed by atoms with Gasteiger partial charge in [-0.05, 0) is 55.1 Å². The molecule has 1 amide bonds. The van der Waals surface area contributed by atoms with Crippen molar-refractivity contribution in [2.45, 2.75) is 25.3 Å². The fraction of sp³-hybridized carbons (Fsp3) is 0.348. The second-order valence-corrected chi connectivity index (χ2v) is 7.61. The van der Waals surface area contributed by atoms with Crippen LogP contribution in [0.3, 0.4) is 0 Å². The summed E-state index contributed by atoms with van der Waals surface area (Å²) in [6, 6.07) is 19.0. The number of fused-ring (bicyclic) bond motifs is 1. The van der Waals surface area contributed by atoms with Crippen LogP contribution >= 0.6 is 12.4 Å². The summed E-state index contributed by atoms with van der Waals surface area (Å²) in [6.45, 7) is 2.83. The van der Waals surface area contributed by atoms with E-state index in [9.17, 15) is 4.79 Å². The minimum Gasteiger partial charge on any atom is -0.343 e. The van der Waals surface area contributed by atoms with Gasteiger partial charge in [-0.3, -0.25) is 4.79 Å². The number of benzene rings is 2. The first-order chi connectivity index (χ1) is 13.1. The molecular weight excluding hydrogens is 370 g/mol. The molecule has 0 atom stereocenters. The number of halogens is 1. The van der Waals surface area contributed by atoms with Crippen LogP contribution in [0.25, 0.3) is 10.9 Å². The van der Waals surface area contributed by atoms with Crippen LogP contribution in [0.2, 0.25) is 0 Å². The quantitative estimate of drug-likeness (QED) is 0.713. The minimum absolute atomic E-state index is 0. The number of amides is 1. The molecule has 0 saturated carbocycles. The van der Waals surface area contributed by atoms with Crippen LogP contribution in [0.1, 0.15) is 40.4 Å². The Balaban J connectivity index is 0.00000225. The lowest BCUT2D eigenvalue weighted by atomic mass is 9.88. The molecule has 148 valence electrons. The van der Waals surface area contributed by atoms with Gasteiger partial charge < -0.3 is 14.8 Å². The lowest BCUT2D eigenvalue weighted by Gasteiger charge is -2.23. The van der Waals surface area contributed by atoms with E-state index in [2.05, 4.69) is 58.4 Å². The summed E-state index contributed by atoms with van der Waals surface area (Å²) < 4.78 is 2.18. The van der Waals surface area contributed by atoms with E-state index in [1.54, 1.807) is 4.90 Å². The summed E-state index contributed by atoms with van der Waals surface area (Å²) in [5.41, 5.74) is 4.50. The van der Waals surface area contributed by atoms with Crippen molar-refractivity contribution in [2.24, 2.45) is 0 Å². The van der Waals surface area contributed by atoms with Gasteiger partial charge in [0.25, 0.3) is 5.91 Å². The molecule has 1 aromatic heterocycles. The predicted octanol–water partition coefficient (Wildman–Crippen LogP) is 4.28. The SMILES string of the molecule is CN(C)C(=O)c1cc2c(C3CCNCC3)cccc2n1Cc1ccccc1.Cl. The lowest BCUT2D eigenvalue weighted by molar-refractivity contribution is 0.0818. The van der Waals surface area contributed by atoms with Crippen molar-refractivity contribution in [3.63, 3.8) is 0 Å². The minimum atomic E-state index is 0. The van der Waals surface area contributed by atoms with Gasteiger partial charge in [0, 0.05) is 31.5 Å². The second kappa shape index (κ2) is 8.80. The standard InChI is InChI=1S/C23H27N3O.ClH/c1-25(2)23(27)22-15-20-19(18-11-13-24-14-12-18)9-6-10-21(20)26(22)16-17-7-4-3-5-8-17;/h3-10,15,18,24H,11-14,16H2,1-2H3;1H. The van der Waals surface area contributed by atoms with E-state index in [0.29, 0.717) is 12.5 Å². The van der Waals surface area contributed by atoms with Crippen LogP contribution in [0.4, 0.5) is 0 Å². The highest BCUT2D eigenvalue weighted by Crippen LogP contribution is 2.33. The lowest BCUT2D eigenvalue weighted by Crippen LogP contribution is -2.26. The molecule has 2 aromatic carbocycles. The van der Waals surface area contributed by atoms with Gasteiger partial charge in [-0.25, -0.2) is 0 Å². The Morgan fingerprint density at radius 3 is 2.46 bits per heavy atom. The molecule has 2 heterocycles. The van der Waals surface area contributed by atoms with Crippen molar-refractivity contribution in [3.8, 4) is 0 Å². The molecule has 0 radical (unpaired) electrons. The van der Waals surface area contributed by atoms with Gasteiger partial charge in [0.1, 0.15) is 5.69 Å². The molecule has 0 spiro atoms. The van der Waals surface area contributed by atoms with Gasteiger partial charge in [0.05, 0.1) is 0 Å². The van der Waals surface area contributed by atoms with Gasteiger partial charge in [-0.1, -0.05) is 42.5 Å². The number of carbonyl (C=O) groups excluding carboxylic acids is 1. The second-order valence-electron chi connectivity index (χ2n) is 7.61. The summed E-state index contributed by atoms with van der Waals surface area (Å²) in [5.74, 6) is 0.614. The molecule has 4 rings (SSSR count). The summed E-state index contributed by atoms with van der Waals surface area (Å²) in [7, 11) is 3.64. The number of nitrogens with one attached hydrogen (secondary N) is 1. The van der Waals surface area contributed by atoms with E-state index in [-0.39, 0.29) is 18.3 Å². The Kier molecular flexibility index (Phi) is 6.42. The smallest absolute Gasteiger partial charge is 0.270 e. The van der Waals surface area contributed by atoms with Crippen LogP contribution in [-0.4, -0.2) is 42.6 Å². The van der Waals surface area contributed by atoms with E-state index in [1.165, 1.54) is 16.5 Å². The molecule has 0 unspecified atom stereocenters. The molecule has 1 fully saturated rings. The zero-order valence-corrected chi connectivity index (χ0v) is 17.3. The number of aromatic nitrogens is 1. The summed E-state index contributed by atoms with van der Waals surface area (Å²) >= 11 is 0. The molecule has 1 aliphatic heterocycles. The molecule has 0 aliphatic carbocycles. The Bertz CT molecular complexity index is 943. The van der Waals surface area contributed by atoms with Crippen LogP contribution < -0.4 is 5.32 Å². The number of carbonyl (C=O) groups is 1. The molecule has 28 heavy (non-hydrogen) atoms. The third-order valence-corrected chi connectivity index (χ3v) is 5.57. The predicted molar refractivity (Wildman–Crippen MR) is 118 cm³/mol. The fourth-order valence-electron chi connectivity index (χ4n) is 4.14. The van der Waals surface area contributed by atoms with Gasteiger partial charge in [-0.2, -0.15) is 0 Å². The van der Waals surface area contributed by atoms with Crippen molar-refractivity contribution < 1.29 is 4.79 Å². The molecule has 4 nitrogen and oxygen atoms in total. The maximum atomic E-state index is 12.9. The highest BCUT2D eigenvalue weighted by atomic mass is 35.5. The topological polar surface area (TPSA) is 37.3 Å². The van der Waals surface area contributed by atoms with E-state index < -0.39 is 0 Å².